The van der Waals surface area contributed by atoms with Gasteiger partial charge in [-0.1, -0.05) is 51.3 Å². The molecule has 29 heavy (non-hydrogen) atoms. The minimum Gasteiger partial charge on any atom is -0.487 e. The van der Waals surface area contributed by atoms with Crippen LogP contribution in [-0.2, 0) is 13.2 Å². The predicted octanol–water partition coefficient (Wildman–Crippen LogP) is 5.66. The van der Waals surface area contributed by atoms with Crippen molar-refractivity contribution in [2.45, 2.75) is 26.5 Å². The highest BCUT2D eigenvalue weighted by atomic mass is 79.9. The first-order valence-electron chi connectivity index (χ1n) is 9.07. The average molecular weight is 497 g/mol. The number of aromatic nitrogens is 2. The van der Waals surface area contributed by atoms with Crippen LogP contribution in [0.25, 0.3) is 0 Å². The van der Waals surface area contributed by atoms with Crippen molar-refractivity contribution in [2.75, 3.05) is 6.54 Å². The molecule has 0 saturated heterocycles. The van der Waals surface area contributed by atoms with E-state index in [9.17, 15) is 4.79 Å². The van der Waals surface area contributed by atoms with Crippen LogP contribution in [0.1, 0.15) is 28.0 Å². The lowest BCUT2D eigenvalue weighted by atomic mass is 10.1. The molecule has 8 heteroatoms. The standard InChI is InChI=1S/C21H20BrCl2N3O2/c1-14-19(24)12-27(26-14)10-2-9-25-21(28)16-5-3-15(4-6-16)13-29-20-8-7-17(22)11-18(20)23/h3-8,11-12H,2,9-10,13H2,1H3,(H,25,28). The molecule has 152 valence electrons. The van der Waals surface area contributed by atoms with Crippen molar-refractivity contribution < 1.29 is 9.53 Å². The number of nitrogens with zero attached hydrogens (tertiary/aromatic N) is 2. The number of hydrogen-bond donors (Lipinski definition) is 1. The summed E-state index contributed by atoms with van der Waals surface area (Å²) in [5.41, 5.74) is 2.36. The number of carbonyl (C=O) groups is 1. The van der Waals surface area contributed by atoms with Crippen LogP contribution in [0.3, 0.4) is 0 Å². The van der Waals surface area contributed by atoms with Gasteiger partial charge in [-0.2, -0.15) is 5.10 Å². The monoisotopic (exact) mass is 495 g/mol. The molecule has 2 aromatic carbocycles. The fourth-order valence-corrected chi connectivity index (χ4v) is 3.54. The Hall–Kier alpha value is -2.02. The van der Waals surface area contributed by atoms with Gasteiger partial charge >= 0.3 is 0 Å². The third-order valence-corrected chi connectivity index (χ3v) is 5.40. The zero-order chi connectivity index (χ0) is 20.8. The van der Waals surface area contributed by atoms with Crippen LogP contribution in [-0.4, -0.2) is 22.2 Å². The van der Waals surface area contributed by atoms with E-state index in [1.54, 1.807) is 29.1 Å². The van der Waals surface area contributed by atoms with Crippen molar-refractivity contribution in [1.82, 2.24) is 15.1 Å². The largest absolute Gasteiger partial charge is 0.487 e. The van der Waals surface area contributed by atoms with Crippen molar-refractivity contribution in [3.05, 3.63) is 80.0 Å². The van der Waals surface area contributed by atoms with E-state index in [4.69, 9.17) is 27.9 Å². The molecule has 0 fully saturated rings. The van der Waals surface area contributed by atoms with Crippen molar-refractivity contribution in [3.8, 4) is 5.75 Å². The van der Waals surface area contributed by atoms with E-state index in [-0.39, 0.29) is 5.91 Å². The SMILES string of the molecule is Cc1nn(CCCNC(=O)c2ccc(COc3ccc(Br)cc3Cl)cc2)cc1Cl. The molecule has 5 nitrogen and oxygen atoms in total. The Balaban J connectivity index is 1.44. The zero-order valence-electron chi connectivity index (χ0n) is 15.8. The third kappa shape index (κ3) is 6.23. The molecule has 1 aromatic heterocycles. The van der Waals surface area contributed by atoms with Crippen molar-refractivity contribution in [3.63, 3.8) is 0 Å². The molecule has 0 aliphatic carbocycles. The lowest BCUT2D eigenvalue weighted by molar-refractivity contribution is 0.0952. The summed E-state index contributed by atoms with van der Waals surface area (Å²) in [6, 6.07) is 12.8. The molecule has 0 aliphatic heterocycles. The Labute approximate surface area is 188 Å². The minimum absolute atomic E-state index is 0.108. The summed E-state index contributed by atoms with van der Waals surface area (Å²) in [5, 5.41) is 8.41. The highest BCUT2D eigenvalue weighted by Gasteiger charge is 2.07. The number of carbonyl (C=O) groups excluding carboxylic acids is 1. The van der Waals surface area contributed by atoms with E-state index in [2.05, 4.69) is 26.3 Å². The van der Waals surface area contributed by atoms with Gasteiger partial charge < -0.3 is 10.1 Å². The van der Waals surface area contributed by atoms with Gasteiger partial charge in [-0.3, -0.25) is 9.48 Å². The molecule has 3 aromatic rings. The fourth-order valence-electron chi connectivity index (χ4n) is 2.66. The molecular weight excluding hydrogens is 477 g/mol. The summed E-state index contributed by atoms with van der Waals surface area (Å²) >= 11 is 15.5. The third-order valence-electron chi connectivity index (χ3n) is 4.24. The van der Waals surface area contributed by atoms with Crippen molar-refractivity contribution in [1.29, 1.82) is 0 Å². The summed E-state index contributed by atoms with van der Waals surface area (Å²) in [5.74, 6) is 0.508. The number of ether oxygens (including phenoxy) is 1. The molecule has 1 N–H and O–H groups in total. The average Bonchev–Trinajstić information content (AvgIpc) is 3.02. The molecule has 0 unspecified atom stereocenters. The summed E-state index contributed by atoms with van der Waals surface area (Å²) in [4.78, 5) is 12.3. The Morgan fingerprint density at radius 3 is 2.59 bits per heavy atom. The maximum absolute atomic E-state index is 12.3. The molecule has 0 atom stereocenters. The Kier molecular flexibility index (Phi) is 7.58. The Bertz CT molecular complexity index is 971. The van der Waals surface area contributed by atoms with Gasteiger partial charge in [0.2, 0.25) is 0 Å². The molecular formula is C21H20BrCl2N3O2. The van der Waals surface area contributed by atoms with E-state index in [1.165, 1.54) is 0 Å². The summed E-state index contributed by atoms with van der Waals surface area (Å²) < 4.78 is 8.42. The molecule has 0 radical (unpaired) electrons. The summed E-state index contributed by atoms with van der Waals surface area (Å²) in [6.45, 7) is 3.49. The number of hydrogen-bond acceptors (Lipinski definition) is 3. The first-order chi connectivity index (χ1) is 13.9. The van der Waals surface area contributed by atoms with E-state index >= 15 is 0 Å². The number of aryl methyl sites for hydroxylation is 2. The van der Waals surface area contributed by atoms with E-state index in [0.29, 0.717) is 41.1 Å². The van der Waals surface area contributed by atoms with Gasteiger partial charge in [0.05, 0.1) is 15.7 Å². The van der Waals surface area contributed by atoms with Gasteiger partial charge in [-0.05, 0) is 49.2 Å². The second kappa shape index (κ2) is 10.1. The fraction of sp³-hybridized carbons (Fsp3) is 0.238. The van der Waals surface area contributed by atoms with Gasteiger partial charge in [-0.15, -0.1) is 0 Å². The Morgan fingerprint density at radius 2 is 1.93 bits per heavy atom. The van der Waals surface area contributed by atoms with Crippen LogP contribution >= 0.6 is 39.1 Å². The summed E-state index contributed by atoms with van der Waals surface area (Å²) in [6.07, 6.45) is 2.56. The molecule has 0 aliphatic rings. The Morgan fingerprint density at radius 1 is 1.17 bits per heavy atom. The predicted molar refractivity (Wildman–Crippen MR) is 119 cm³/mol. The number of nitrogens with one attached hydrogen (secondary N) is 1. The van der Waals surface area contributed by atoms with Crippen LogP contribution in [0, 0.1) is 6.92 Å². The highest BCUT2D eigenvalue weighted by molar-refractivity contribution is 9.10. The normalized spacial score (nSPS) is 10.8. The van der Waals surface area contributed by atoms with Gasteiger partial charge in [0, 0.05) is 29.3 Å². The zero-order valence-corrected chi connectivity index (χ0v) is 18.9. The van der Waals surface area contributed by atoms with Crippen LogP contribution in [0.5, 0.6) is 5.75 Å². The van der Waals surface area contributed by atoms with Crippen LogP contribution in [0.2, 0.25) is 10.0 Å². The molecule has 1 heterocycles. The summed E-state index contributed by atoms with van der Waals surface area (Å²) in [7, 11) is 0. The number of rotatable bonds is 8. The number of amides is 1. The number of halogens is 3. The van der Waals surface area contributed by atoms with Crippen LogP contribution < -0.4 is 10.1 Å². The highest BCUT2D eigenvalue weighted by Crippen LogP contribution is 2.28. The lowest BCUT2D eigenvalue weighted by Crippen LogP contribution is -2.25. The second-order valence-corrected chi connectivity index (χ2v) is 8.23. The second-order valence-electron chi connectivity index (χ2n) is 6.50. The van der Waals surface area contributed by atoms with Gasteiger partial charge in [0.15, 0.2) is 0 Å². The number of benzene rings is 2. The van der Waals surface area contributed by atoms with Gasteiger partial charge in [0.1, 0.15) is 12.4 Å². The first-order valence-corrected chi connectivity index (χ1v) is 10.6. The maximum Gasteiger partial charge on any atom is 0.251 e. The molecule has 1 amide bonds. The van der Waals surface area contributed by atoms with Gasteiger partial charge in [0.25, 0.3) is 5.91 Å². The lowest BCUT2D eigenvalue weighted by Gasteiger charge is -2.09. The van der Waals surface area contributed by atoms with E-state index in [0.717, 1.165) is 22.2 Å². The quantitative estimate of drug-likeness (QED) is 0.409. The maximum atomic E-state index is 12.3. The molecule has 0 spiro atoms. The van der Waals surface area contributed by atoms with Crippen molar-refractivity contribution >= 4 is 45.0 Å². The van der Waals surface area contributed by atoms with Crippen LogP contribution in [0.4, 0.5) is 0 Å². The van der Waals surface area contributed by atoms with Crippen molar-refractivity contribution in [2.24, 2.45) is 0 Å². The first kappa shape index (κ1) is 21.7. The minimum atomic E-state index is -0.108. The van der Waals surface area contributed by atoms with Gasteiger partial charge in [-0.25, -0.2) is 0 Å². The molecule has 0 saturated carbocycles. The van der Waals surface area contributed by atoms with Crippen LogP contribution in [0.15, 0.2) is 53.1 Å². The smallest absolute Gasteiger partial charge is 0.251 e. The molecule has 3 rings (SSSR count). The van der Waals surface area contributed by atoms with E-state index in [1.807, 2.05) is 31.2 Å². The topological polar surface area (TPSA) is 56.2 Å². The van der Waals surface area contributed by atoms with E-state index < -0.39 is 0 Å². The molecule has 0 bridgehead atoms.